The highest BCUT2D eigenvalue weighted by molar-refractivity contribution is 6.05. The Morgan fingerprint density at radius 2 is 1.66 bits per heavy atom. The van der Waals surface area contributed by atoms with E-state index in [4.69, 9.17) is 4.74 Å². The average molecular weight is 390 g/mol. The number of carbonyl (C=O) groups is 1. The highest BCUT2D eigenvalue weighted by Crippen LogP contribution is 2.29. The number of anilines is 2. The molecule has 4 nitrogen and oxygen atoms in total. The van der Waals surface area contributed by atoms with E-state index in [2.05, 4.69) is 10.2 Å². The molecule has 0 aromatic heterocycles. The fourth-order valence-electron chi connectivity index (χ4n) is 3.58. The third-order valence-electron chi connectivity index (χ3n) is 5.16. The Morgan fingerprint density at radius 3 is 2.34 bits per heavy atom. The van der Waals surface area contributed by atoms with Crippen LogP contribution in [0.3, 0.4) is 0 Å². The second-order valence-corrected chi connectivity index (χ2v) is 7.09. The summed E-state index contributed by atoms with van der Waals surface area (Å²) in [5.41, 5.74) is 3.76. The molecule has 1 fully saturated rings. The minimum atomic E-state index is -0.501. The number of hydrogen-bond acceptors (Lipinski definition) is 3. The molecule has 0 bridgehead atoms. The zero-order valence-electron chi connectivity index (χ0n) is 16.3. The van der Waals surface area contributed by atoms with Crippen LogP contribution in [0.4, 0.5) is 15.8 Å². The molecule has 0 atom stereocenters. The molecule has 0 saturated carbocycles. The third kappa shape index (κ3) is 4.15. The molecule has 1 aliphatic heterocycles. The number of amides is 1. The molecular formula is C24H23FN2O2. The van der Waals surface area contributed by atoms with Crippen molar-refractivity contribution >= 4 is 17.3 Å². The van der Waals surface area contributed by atoms with Crippen LogP contribution in [-0.4, -0.2) is 32.2 Å². The van der Waals surface area contributed by atoms with Crippen molar-refractivity contribution in [3.8, 4) is 11.1 Å². The van der Waals surface area contributed by atoms with E-state index in [0.717, 1.165) is 43.1 Å². The Balaban J connectivity index is 1.54. The van der Waals surface area contributed by atoms with Gasteiger partial charge in [0.2, 0.25) is 0 Å². The van der Waals surface area contributed by atoms with Gasteiger partial charge >= 0.3 is 0 Å². The van der Waals surface area contributed by atoms with E-state index in [9.17, 15) is 4.79 Å². The number of rotatable bonds is 4. The number of hydrogen-bond donors (Lipinski definition) is 1. The summed E-state index contributed by atoms with van der Waals surface area (Å²) in [7, 11) is 0. The molecule has 3 aromatic rings. The van der Waals surface area contributed by atoms with Gasteiger partial charge in [-0.05, 0) is 48.4 Å². The highest BCUT2D eigenvalue weighted by atomic mass is 19.1. The molecule has 4 rings (SSSR count). The topological polar surface area (TPSA) is 41.6 Å². The molecule has 0 spiro atoms. The quantitative estimate of drug-likeness (QED) is 0.690. The Labute approximate surface area is 169 Å². The summed E-state index contributed by atoms with van der Waals surface area (Å²) in [5, 5.41) is 2.81. The van der Waals surface area contributed by atoms with E-state index in [0.29, 0.717) is 11.3 Å². The zero-order valence-corrected chi connectivity index (χ0v) is 16.3. The van der Waals surface area contributed by atoms with Crippen molar-refractivity contribution in [1.82, 2.24) is 0 Å². The standard InChI is InChI=1S/C24H23FN2O2/c1-17-7-12-21(23(25)22(17)18-5-3-2-4-6-18)24(28)26-19-8-10-20(11-9-19)27-13-15-29-16-14-27/h2-12H,13-16H2,1H3,(H,26,28). The molecule has 5 heteroatoms. The summed E-state index contributed by atoms with van der Waals surface area (Å²) in [4.78, 5) is 15.0. The number of morpholine rings is 1. The molecule has 29 heavy (non-hydrogen) atoms. The maximum absolute atomic E-state index is 15.2. The van der Waals surface area contributed by atoms with E-state index in [1.165, 1.54) is 6.07 Å². The summed E-state index contributed by atoms with van der Waals surface area (Å²) < 4.78 is 20.6. The molecule has 1 aliphatic rings. The maximum Gasteiger partial charge on any atom is 0.258 e. The first kappa shape index (κ1) is 19.2. The Kier molecular flexibility index (Phi) is 5.58. The van der Waals surface area contributed by atoms with Gasteiger partial charge in [0.25, 0.3) is 5.91 Å². The van der Waals surface area contributed by atoms with Crippen LogP contribution in [0, 0.1) is 12.7 Å². The number of ether oxygens (including phenoxy) is 1. The van der Waals surface area contributed by atoms with E-state index in [1.807, 2.05) is 61.5 Å². The van der Waals surface area contributed by atoms with Gasteiger partial charge in [0.15, 0.2) is 0 Å². The van der Waals surface area contributed by atoms with Crippen molar-refractivity contribution < 1.29 is 13.9 Å². The first-order chi connectivity index (χ1) is 14.1. The van der Waals surface area contributed by atoms with Gasteiger partial charge in [-0.3, -0.25) is 4.79 Å². The van der Waals surface area contributed by atoms with Gasteiger partial charge < -0.3 is 15.0 Å². The van der Waals surface area contributed by atoms with Gasteiger partial charge in [-0.25, -0.2) is 4.39 Å². The minimum Gasteiger partial charge on any atom is -0.378 e. The molecule has 0 radical (unpaired) electrons. The molecule has 1 saturated heterocycles. The van der Waals surface area contributed by atoms with Gasteiger partial charge in [0, 0.05) is 30.0 Å². The van der Waals surface area contributed by atoms with Crippen LogP contribution in [0.5, 0.6) is 0 Å². The fraction of sp³-hybridized carbons (Fsp3) is 0.208. The van der Waals surface area contributed by atoms with Crippen LogP contribution in [0.1, 0.15) is 15.9 Å². The normalized spacial score (nSPS) is 13.9. The fourth-order valence-corrected chi connectivity index (χ4v) is 3.58. The SMILES string of the molecule is Cc1ccc(C(=O)Nc2ccc(N3CCOCC3)cc2)c(F)c1-c1ccccc1. The van der Waals surface area contributed by atoms with E-state index < -0.39 is 11.7 Å². The van der Waals surface area contributed by atoms with Gasteiger partial charge in [-0.15, -0.1) is 0 Å². The number of benzene rings is 3. The van der Waals surface area contributed by atoms with Crippen LogP contribution in [0.2, 0.25) is 0 Å². The second-order valence-electron chi connectivity index (χ2n) is 7.09. The van der Waals surface area contributed by atoms with Crippen molar-refractivity contribution in [1.29, 1.82) is 0 Å². The van der Waals surface area contributed by atoms with Crippen molar-refractivity contribution in [2.45, 2.75) is 6.92 Å². The molecule has 1 N–H and O–H groups in total. The number of nitrogens with one attached hydrogen (secondary N) is 1. The molecular weight excluding hydrogens is 367 g/mol. The Bertz CT molecular complexity index is 997. The van der Waals surface area contributed by atoms with E-state index in [-0.39, 0.29) is 5.56 Å². The molecule has 148 valence electrons. The molecule has 3 aromatic carbocycles. The smallest absolute Gasteiger partial charge is 0.258 e. The number of nitrogens with zero attached hydrogens (tertiary/aromatic N) is 1. The zero-order chi connectivity index (χ0) is 20.2. The van der Waals surface area contributed by atoms with Gasteiger partial charge in [-0.1, -0.05) is 36.4 Å². The number of carbonyl (C=O) groups excluding carboxylic acids is 1. The molecule has 1 amide bonds. The Morgan fingerprint density at radius 1 is 0.966 bits per heavy atom. The van der Waals surface area contributed by atoms with Gasteiger partial charge in [0.1, 0.15) is 5.82 Å². The van der Waals surface area contributed by atoms with E-state index >= 15 is 4.39 Å². The summed E-state index contributed by atoms with van der Waals surface area (Å²) in [6, 6.07) is 20.2. The average Bonchev–Trinajstić information content (AvgIpc) is 2.76. The predicted molar refractivity (Wildman–Crippen MR) is 114 cm³/mol. The first-order valence-corrected chi connectivity index (χ1v) is 9.72. The van der Waals surface area contributed by atoms with Gasteiger partial charge in [0.05, 0.1) is 18.8 Å². The minimum absolute atomic E-state index is 0.0340. The van der Waals surface area contributed by atoms with E-state index in [1.54, 1.807) is 6.07 Å². The summed E-state index contributed by atoms with van der Waals surface area (Å²) in [6.07, 6.45) is 0. The Hall–Kier alpha value is -3.18. The van der Waals surface area contributed by atoms with Crippen LogP contribution in [0.25, 0.3) is 11.1 Å². The maximum atomic E-state index is 15.2. The van der Waals surface area contributed by atoms with Crippen molar-refractivity contribution in [2.24, 2.45) is 0 Å². The predicted octanol–water partition coefficient (Wildman–Crippen LogP) is 4.89. The monoisotopic (exact) mass is 390 g/mol. The highest BCUT2D eigenvalue weighted by Gasteiger charge is 2.18. The lowest BCUT2D eigenvalue weighted by molar-refractivity contribution is 0.102. The second kappa shape index (κ2) is 8.45. The van der Waals surface area contributed by atoms with Gasteiger partial charge in [-0.2, -0.15) is 0 Å². The third-order valence-corrected chi connectivity index (χ3v) is 5.16. The first-order valence-electron chi connectivity index (χ1n) is 9.72. The summed E-state index contributed by atoms with van der Waals surface area (Å²) >= 11 is 0. The molecule has 1 heterocycles. The lowest BCUT2D eigenvalue weighted by atomic mass is 9.97. The number of halogens is 1. The van der Waals surface area contributed by atoms with Crippen LogP contribution < -0.4 is 10.2 Å². The van der Waals surface area contributed by atoms with Crippen molar-refractivity contribution in [3.05, 3.63) is 83.7 Å². The largest absolute Gasteiger partial charge is 0.378 e. The van der Waals surface area contributed by atoms with Crippen LogP contribution in [-0.2, 0) is 4.74 Å². The molecule has 0 unspecified atom stereocenters. The van der Waals surface area contributed by atoms with Crippen molar-refractivity contribution in [2.75, 3.05) is 36.5 Å². The lowest BCUT2D eigenvalue weighted by Gasteiger charge is -2.28. The van der Waals surface area contributed by atoms with Crippen LogP contribution in [0.15, 0.2) is 66.7 Å². The summed E-state index contributed by atoms with van der Waals surface area (Å²) in [6.45, 7) is 4.98. The lowest BCUT2D eigenvalue weighted by Crippen LogP contribution is -2.36. The van der Waals surface area contributed by atoms with Crippen molar-refractivity contribution in [3.63, 3.8) is 0 Å². The number of aryl methyl sites for hydroxylation is 1. The summed E-state index contributed by atoms with van der Waals surface area (Å²) in [5.74, 6) is -0.961. The van der Waals surface area contributed by atoms with Crippen LogP contribution >= 0.6 is 0 Å². The molecule has 0 aliphatic carbocycles.